The quantitative estimate of drug-likeness (QED) is 0.409. The Hall–Kier alpha value is 0.460. The average Bonchev–Trinajstić information content (AvgIpc) is 2.06. The zero-order valence-electron chi connectivity index (χ0n) is 6.72. The third kappa shape index (κ3) is 2.98. The summed E-state index contributed by atoms with van der Waals surface area (Å²) < 4.78 is 47.4. The van der Waals surface area contributed by atoms with Crippen LogP contribution in [0.25, 0.3) is 0 Å². The lowest BCUT2D eigenvalue weighted by Gasteiger charge is -2.08. The summed E-state index contributed by atoms with van der Waals surface area (Å²) in [4.78, 5) is 2.94. The highest BCUT2D eigenvalue weighted by atomic mass is 127. The van der Waals surface area contributed by atoms with Gasteiger partial charge in [-0.3, -0.25) is 0 Å². The molecular formula is C6H2BrClF2INO2S. The van der Waals surface area contributed by atoms with Crippen molar-refractivity contribution >= 4 is 58.3 Å². The minimum absolute atomic E-state index is 0.0318. The van der Waals surface area contributed by atoms with Crippen molar-refractivity contribution in [2.45, 2.75) is 11.3 Å². The van der Waals surface area contributed by atoms with Gasteiger partial charge in [0, 0.05) is 16.9 Å². The molecule has 0 bridgehead atoms. The Balaban J connectivity index is 3.62. The molecule has 15 heavy (non-hydrogen) atoms. The maximum atomic E-state index is 12.6. The molecule has 9 heteroatoms. The van der Waals surface area contributed by atoms with Crippen LogP contribution >= 0.6 is 49.2 Å². The van der Waals surface area contributed by atoms with Crippen molar-refractivity contribution in [3.05, 3.63) is 19.9 Å². The summed E-state index contributed by atoms with van der Waals surface area (Å²) >= 11 is 4.50. The first-order valence-corrected chi connectivity index (χ1v) is 7.50. The van der Waals surface area contributed by atoms with Crippen molar-refractivity contribution in [1.29, 1.82) is 0 Å². The smallest absolute Gasteiger partial charge is 0.247 e. The van der Waals surface area contributed by atoms with Crippen LogP contribution in [0.15, 0.2) is 15.7 Å². The fourth-order valence-electron chi connectivity index (χ4n) is 0.858. The summed E-state index contributed by atoms with van der Waals surface area (Å²) in [5, 5.41) is 0. The van der Waals surface area contributed by atoms with Gasteiger partial charge in [-0.05, 0) is 38.5 Å². The van der Waals surface area contributed by atoms with E-state index in [2.05, 4.69) is 20.9 Å². The second-order valence-corrected chi connectivity index (χ2v) is 6.74. The number of hydrogen-bond acceptors (Lipinski definition) is 3. The van der Waals surface area contributed by atoms with Crippen LogP contribution in [0.1, 0.15) is 12.0 Å². The van der Waals surface area contributed by atoms with Gasteiger partial charge in [-0.25, -0.2) is 22.2 Å². The third-order valence-corrected chi connectivity index (χ3v) is 5.24. The summed E-state index contributed by atoms with van der Waals surface area (Å²) in [5.74, 6) is 0. The molecular weight excluding hydrogens is 430 g/mol. The SMILES string of the molecule is O=S(=O)(Cl)c1cnc(Br)c(I)c1C(F)F. The molecule has 0 aliphatic carbocycles. The van der Waals surface area contributed by atoms with Crippen molar-refractivity contribution in [3.8, 4) is 0 Å². The van der Waals surface area contributed by atoms with E-state index in [4.69, 9.17) is 10.7 Å². The fraction of sp³-hybridized carbons (Fsp3) is 0.167. The summed E-state index contributed by atoms with van der Waals surface area (Å²) in [6.07, 6.45) is -2.13. The lowest BCUT2D eigenvalue weighted by Crippen LogP contribution is -2.03. The second-order valence-electron chi connectivity index (χ2n) is 2.38. The Morgan fingerprint density at radius 2 is 2.07 bits per heavy atom. The minimum Gasteiger partial charge on any atom is -0.247 e. The summed E-state index contributed by atoms with van der Waals surface area (Å²) in [6.45, 7) is 0. The standard InChI is InChI=1S/C6H2BrClF2INO2S/c7-5-4(11)3(6(9)10)2(1-12-5)15(8,13)14/h1,6H. The molecule has 0 fully saturated rings. The van der Waals surface area contributed by atoms with E-state index in [0.717, 1.165) is 6.20 Å². The van der Waals surface area contributed by atoms with Gasteiger partial charge in [0.05, 0.1) is 9.13 Å². The lowest BCUT2D eigenvalue weighted by atomic mass is 10.3. The molecule has 1 heterocycles. The highest BCUT2D eigenvalue weighted by Crippen LogP contribution is 2.34. The monoisotopic (exact) mass is 431 g/mol. The van der Waals surface area contributed by atoms with Crippen molar-refractivity contribution in [3.63, 3.8) is 0 Å². The minimum atomic E-state index is -4.21. The summed E-state index contributed by atoms with van der Waals surface area (Å²) in [6, 6.07) is 0. The Morgan fingerprint density at radius 1 is 1.53 bits per heavy atom. The van der Waals surface area contributed by atoms with Gasteiger partial charge in [-0.15, -0.1) is 0 Å². The molecule has 0 spiro atoms. The van der Waals surface area contributed by atoms with Gasteiger partial charge >= 0.3 is 0 Å². The van der Waals surface area contributed by atoms with Crippen LogP contribution in [0.4, 0.5) is 8.78 Å². The molecule has 1 aromatic heterocycles. The van der Waals surface area contributed by atoms with Crippen LogP contribution in [0.3, 0.4) is 0 Å². The molecule has 0 saturated heterocycles. The van der Waals surface area contributed by atoms with E-state index in [0.29, 0.717) is 0 Å². The third-order valence-electron chi connectivity index (χ3n) is 1.46. The Kier molecular flexibility index (Phi) is 4.29. The molecule has 1 rings (SSSR count). The van der Waals surface area contributed by atoms with Crippen LogP contribution in [0, 0.1) is 3.57 Å². The highest BCUT2D eigenvalue weighted by Gasteiger charge is 2.26. The van der Waals surface area contributed by atoms with Crippen LogP contribution in [0.2, 0.25) is 0 Å². The number of alkyl halides is 2. The number of hydrogen-bond donors (Lipinski definition) is 0. The molecule has 0 atom stereocenters. The van der Waals surface area contributed by atoms with Gasteiger partial charge in [-0.1, -0.05) is 0 Å². The molecule has 3 nitrogen and oxygen atoms in total. The van der Waals surface area contributed by atoms with Gasteiger partial charge in [0.15, 0.2) is 0 Å². The number of rotatable bonds is 2. The van der Waals surface area contributed by atoms with Gasteiger partial charge in [-0.2, -0.15) is 0 Å². The lowest BCUT2D eigenvalue weighted by molar-refractivity contribution is 0.146. The molecule has 84 valence electrons. The molecule has 1 aromatic rings. The van der Waals surface area contributed by atoms with Crippen LogP contribution < -0.4 is 0 Å². The van der Waals surface area contributed by atoms with Crippen molar-refractivity contribution < 1.29 is 17.2 Å². The first-order chi connectivity index (χ1) is 6.75. The zero-order chi connectivity index (χ0) is 11.8. The summed E-state index contributed by atoms with van der Waals surface area (Å²) in [7, 11) is 0.799. The van der Waals surface area contributed by atoms with Crippen LogP contribution in [0.5, 0.6) is 0 Å². The molecule has 0 aliphatic rings. The fourth-order valence-corrected chi connectivity index (χ4v) is 3.02. The van der Waals surface area contributed by atoms with E-state index < -0.39 is 25.9 Å². The topological polar surface area (TPSA) is 47.0 Å². The van der Waals surface area contributed by atoms with Gasteiger partial charge in [0.25, 0.3) is 15.5 Å². The largest absolute Gasteiger partial charge is 0.266 e. The Morgan fingerprint density at radius 3 is 2.47 bits per heavy atom. The Bertz CT molecular complexity index is 496. The van der Waals surface area contributed by atoms with E-state index in [1.165, 1.54) is 0 Å². The first kappa shape index (κ1) is 13.5. The van der Waals surface area contributed by atoms with Gasteiger partial charge in [0.1, 0.15) is 9.50 Å². The van der Waals surface area contributed by atoms with Crippen molar-refractivity contribution in [1.82, 2.24) is 4.98 Å². The zero-order valence-corrected chi connectivity index (χ0v) is 12.0. The molecule has 0 unspecified atom stereocenters. The van der Waals surface area contributed by atoms with Gasteiger partial charge < -0.3 is 0 Å². The Labute approximate surface area is 111 Å². The molecule has 0 amide bonds. The summed E-state index contributed by atoms with van der Waals surface area (Å²) in [5.41, 5.74) is -0.632. The van der Waals surface area contributed by atoms with E-state index in [1.807, 2.05) is 0 Å². The number of aromatic nitrogens is 1. The molecule has 0 aliphatic heterocycles. The maximum Gasteiger partial charge on any atom is 0.266 e. The molecule has 0 radical (unpaired) electrons. The average molecular weight is 432 g/mol. The first-order valence-electron chi connectivity index (χ1n) is 3.32. The highest BCUT2D eigenvalue weighted by molar-refractivity contribution is 14.1. The van der Waals surface area contributed by atoms with E-state index in [-0.39, 0.29) is 8.17 Å². The predicted molar refractivity (Wildman–Crippen MR) is 62.6 cm³/mol. The molecule has 0 saturated carbocycles. The van der Waals surface area contributed by atoms with Crippen LogP contribution in [-0.2, 0) is 9.05 Å². The van der Waals surface area contributed by atoms with E-state index in [1.54, 1.807) is 22.6 Å². The van der Waals surface area contributed by atoms with Crippen molar-refractivity contribution in [2.75, 3.05) is 0 Å². The van der Waals surface area contributed by atoms with E-state index in [9.17, 15) is 17.2 Å². The molecule has 0 aromatic carbocycles. The predicted octanol–water partition coefficient (Wildman–Crippen LogP) is 3.31. The van der Waals surface area contributed by atoms with Crippen molar-refractivity contribution in [2.24, 2.45) is 0 Å². The number of halogens is 5. The van der Waals surface area contributed by atoms with Crippen LogP contribution in [-0.4, -0.2) is 13.4 Å². The normalized spacial score (nSPS) is 12.1. The van der Waals surface area contributed by atoms with E-state index >= 15 is 0 Å². The van der Waals surface area contributed by atoms with Gasteiger partial charge in [0.2, 0.25) is 0 Å². The molecule has 0 N–H and O–H groups in total. The number of nitrogens with zero attached hydrogens (tertiary/aromatic N) is 1. The second kappa shape index (κ2) is 4.76. The maximum absolute atomic E-state index is 12.6. The number of pyridine rings is 1.